The van der Waals surface area contributed by atoms with Crippen LogP contribution in [0.2, 0.25) is 0 Å². The molecule has 0 radical (unpaired) electrons. The summed E-state index contributed by atoms with van der Waals surface area (Å²) in [6.45, 7) is 1.19. The summed E-state index contributed by atoms with van der Waals surface area (Å²) in [5, 5.41) is 10.9. The minimum absolute atomic E-state index is 0.318. The van der Waals surface area contributed by atoms with E-state index in [-0.39, 0.29) is 6.04 Å². The molecule has 0 aromatic carbocycles. The minimum atomic E-state index is -0.318. The molecule has 8 nitrogen and oxygen atoms in total. The van der Waals surface area contributed by atoms with E-state index in [0.717, 1.165) is 10.2 Å². The summed E-state index contributed by atoms with van der Waals surface area (Å²) in [7, 11) is 1.65. The number of aromatic amines is 1. The Balaban J connectivity index is 2.32. The molecule has 0 saturated heterocycles. The fraction of sp³-hybridized carbons (Fsp3) is 0.444. The Bertz CT molecular complexity index is 483. The number of methoxy groups -OCH3 is 1. The smallest absolute Gasteiger partial charge is 0.148 e. The van der Waals surface area contributed by atoms with Crippen molar-refractivity contribution < 1.29 is 4.74 Å². The molecule has 2 heterocycles. The molecule has 18 heavy (non-hydrogen) atoms. The van der Waals surface area contributed by atoms with E-state index >= 15 is 0 Å². The van der Waals surface area contributed by atoms with Gasteiger partial charge in [0.15, 0.2) is 0 Å². The van der Waals surface area contributed by atoms with Crippen molar-refractivity contribution in [3.05, 3.63) is 28.5 Å². The number of H-pyrrole nitrogens is 1. The molecule has 0 fully saturated rings. The van der Waals surface area contributed by atoms with Crippen LogP contribution in [-0.4, -0.2) is 38.7 Å². The topological polar surface area (TPSA) is 107 Å². The highest BCUT2D eigenvalue weighted by Gasteiger charge is 2.23. The molecule has 2 aromatic heterocycles. The number of nitrogens with one attached hydrogen (secondary N) is 2. The van der Waals surface area contributed by atoms with Gasteiger partial charge in [0.1, 0.15) is 18.2 Å². The second-order valence-electron chi connectivity index (χ2n) is 3.56. The van der Waals surface area contributed by atoms with Gasteiger partial charge in [-0.2, -0.15) is 10.2 Å². The monoisotopic (exact) mass is 315 g/mol. The molecule has 1 unspecified atom stereocenters. The van der Waals surface area contributed by atoms with Gasteiger partial charge in [0.25, 0.3) is 0 Å². The van der Waals surface area contributed by atoms with Gasteiger partial charge >= 0.3 is 0 Å². The Morgan fingerprint density at radius 1 is 1.67 bits per heavy atom. The van der Waals surface area contributed by atoms with Crippen LogP contribution < -0.4 is 11.3 Å². The lowest BCUT2D eigenvalue weighted by molar-refractivity contribution is 0.182. The van der Waals surface area contributed by atoms with Gasteiger partial charge in [-0.3, -0.25) is 15.6 Å². The van der Waals surface area contributed by atoms with Crippen molar-refractivity contribution in [2.75, 3.05) is 13.7 Å². The van der Waals surface area contributed by atoms with Gasteiger partial charge in [0, 0.05) is 7.11 Å². The van der Waals surface area contributed by atoms with Crippen LogP contribution in [0, 0.1) is 0 Å². The van der Waals surface area contributed by atoms with Crippen LogP contribution in [0.4, 0.5) is 0 Å². The SMILES string of the molecule is COCCn1ncc(Br)c1C(NN)c1ncn[nH]1. The van der Waals surface area contributed by atoms with E-state index in [1.165, 1.54) is 6.33 Å². The summed E-state index contributed by atoms with van der Waals surface area (Å²) in [5.41, 5.74) is 3.57. The third kappa shape index (κ3) is 2.58. The fourth-order valence-corrected chi connectivity index (χ4v) is 2.18. The highest BCUT2D eigenvalue weighted by Crippen LogP contribution is 2.25. The van der Waals surface area contributed by atoms with Gasteiger partial charge in [-0.05, 0) is 15.9 Å². The third-order valence-corrected chi connectivity index (χ3v) is 3.10. The summed E-state index contributed by atoms with van der Waals surface area (Å²) >= 11 is 3.45. The normalized spacial score (nSPS) is 12.8. The van der Waals surface area contributed by atoms with E-state index in [1.54, 1.807) is 18.0 Å². The van der Waals surface area contributed by atoms with Crippen molar-refractivity contribution in [3.8, 4) is 0 Å². The first-order valence-corrected chi connectivity index (χ1v) is 6.08. The van der Waals surface area contributed by atoms with Gasteiger partial charge in [-0.25, -0.2) is 10.4 Å². The quantitative estimate of drug-likeness (QED) is 0.510. The standard InChI is InChI=1S/C9H14BrN7O/c1-18-3-2-17-8(6(10)4-14-17)7(15-11)9-12-5-13-16-9/h4-5,7,15H,2-3,11H2,1H3,(H,12,13,16). The number of aromatic nitrogens is 5. The van der Waals surface area contributed by atoms with Crippen molar-refractivity contribution in [1.29, 1.82) is 0 Å². The first-order chi connectivity index (χ1) is 8.77. The molecule has 0 amide bonds. The summed E-state index contributed by atoms with van der Waals surface area (Å²) in [6, 6.07) is -0.318. The summed E-state index contributed by atoms with van der Waals surface area (Å²) in [6.07, 6.45) is 3.15. The number of rotatable bonds is 6. The van der Waals surface area contributed by atoms with Crippen LogP contribution in [0.3, 0.4) is 0 Å². The summed E-state index contributed by atoms with van der Waals surface area (Å²) in [4.78, 5) is 4.10. The first-order valence-electron chi connectivity index (χ1n) is 5.29. The Morgan fingerprint density at radius 2 is 2.50 bits per heavy atom. The van der Waals surface area contributed by atoms with E-state index in [0.29, 0.717) is 19.0 Å². The zero-order valence-corrected chi connectivity index (χ0v) is 11.4. The van der Waals surface area contributed by atoms with Gasteiger partial charge in [-0.15, -0.1) is 0 Å². The minimum Gasteiger partial charge on any atom is -0.383 e. The van der Waals surface area contributed by atoms with Crippen LogP contribution in [-0.2, 0) is 11.3 Å². The Morgan fingerprint density at radius 3 is 3.11 bits per heavy atom. The molecule has 9 heteroatoms. The molecule has 4 N–H and O–H groups in total. The lowest BCUT2D eigenvalue weighted by Gasteiger charge is -2.16. The maximum atomic E-state index is 5.59. The lowest BCUT2D eigenvalue weighted by Crippen LogP contribution is -2.32. The fourth-order valence-electron chi connectivity index (χ4n) is 1.66. The highest BCUT2D eigenvalue weighted by molar-refractivity contribution is 9.10. The largest absolute Gasteiger partial charge is 0.383 e. The number of hydrogen-bond donors (Lipinski definition) is 3. The Labute approximate surface area is 112 Å². The number of nitrogens with two attached hydrogens (primary N) is 1. The van der Waals surface area contributed by atoms with E-state index in [2.05, 4.69) is 41.6 Å². The zero-order valence-electron chi connectivity index (χ0n) is 9.80. The molecule has 0 saturated carbocycles. The van der Waals surface area contributed by atoms with Crippen molar-refractivity contribution in [2.24, 2.45) is 5.84 Å². The number of hydrazine groups is 1. The second-order valence-corrected chi connectivity index (χ2v) is 4.42. The van der Waals surface area contributed by atoms with Crippen molar-refractivity contribution in [2.45, 2.75) is 12.6 Å². The molecule has 0 aliphatic heterocycles. The summed E-state index contributed by atoms with van der Waals surface area (Å²) in [5.74, 6) is 6.21. The molecular weight excluding hydrogens is 302 g/mol. The first kappa shape index (κ1) is 13.1. The van der Waals surface area contributed by atoms with Crippen LogP contribution in [0.1, 0.15) is 17.6 Å². The number of ether oxygens (including phenoxy) is 1. The predicted molar refractivity (Wildman–Crippen MR) is 67.4 cm³/mol. The average molecular weight is 316 g/mol. The van der Waals surface area contributed by atoms with Crippen LogP contribution in [0.15, 0.2) is 17.0 Å². The van der Waals surface area contributed by atoms with Gasteiger partial charge < -0.3 is 4.74 Å². The van der Waals surface area contributed by atoms with Crippen molar-refractivity contribution in [3.63, 3.8) is 0 Å². The van der Waals surface area contributed by atoms with E-state index in [9.17, 15) is 0 Å². The Kier molecular flexibility index (Phi) is 4.42. The lowest BCUT2D eigenvalue weighted by atomic mass is 10.2. The van der Waals surface area contributed by atoms with E-state index in [1.807, 2.05) is 0 Å². The van der Waals surface area contributed by atoms with Crippen LogP contribution >= 0.6 is 15.9 Å². The maximum absolute atomic E-state index is 5.59. The van der Waals surface area contributed by atoms with Gasteiger partial charge in [0.05, 0.1) is 29.5 Å². The van der Waals surface area contributed by atoms with Crippen LogP contribution in [0.5, 0.6) is 0 Å². The molecular formula is C9H14BrN7O. The maximum Gasteiger partial charge on any atom is 0.148 e. The zero-order chi connectivity index (χ0) is 13.0. The molecule has 0 aliphatic carbocycles. The molecule has 0 spiro atoms. The van der Waals surface area contributed by atoms with Gasteiger partial charge in [0.2, 0.25) is 0 Å². The van der Waals surface area contributed by atoms with E-state index in [4.69, 9.17) is 10.6 Å². The van der Waals surface area contributed by atoms with E-state index < -0.39 is 0 Å². The van der Waals surface area contributed by atoms with Crippen LogP contribution in [0.25, 0.3) is 0 Å². The third-order valence-electron chi connectivity index (χ3n) is 2.49. The highest BCUT2D eigenvalue weighted by atomic mass is 79.9. The second kappa shape index (κ2) is 6.05. The predicted octanol–water partition coefficient (Wildman–Crippen LogP) is -0.0372. The molecule has 0 bridgehead atoms. The molecule has 0 aliphatic rings. The average Bonchev–Trinajstić information content (AvgIpc) is 3.00. The summed E-state index contributed by atoms with van der Waals surface area (Å²) < 4.78 is 7.70. The van der Waals surface area contributed by atoms with Crippen molar-refractivity contribution in [1.82, 2.24) is 30.4 Å². The molecule has 2 aromatic rings. The number of hydrogen-bond acceptors (Lipinski definition) is 6. The number of nitrogens with zero attached hydrogens (tertiary/aromatic N) is 4. The molecule has 2 rings (SSSR count). The Hall–Kier alpha value is -1.29. The van der Waals surface area contributed by atoms with Gasteiger partial charge in [-0.1, -0.05) is 0 Å². The number of halogens is 1. The van der Waals surface area contributed by atoms with Crippen molar-refractivity contribution >= 4 is 15.9 Å². The molecule has 1 atom stereocenters. The molecule has 98 valence electrons.